The molecule has 0 saturated carbocycles. The van der Waals surface area contributed by atoms with Gasteiger partial charge in [-0.2, -0.15) is 23.3 Å². The van der Waals surface area contributed by atoms with Gasteiger partial charge in [-0.1, -0.05) is 23.7 Å². The molecule has 7 nitrogen and oxygen atoms in total. The number of imide groups is 1. The number of aromatic nitrogens is 2. The Morgan fingerprint density at radius 1 is 1.21 bits per heavy atom. The molecular weight excluding hydrogens is 481 g/mol. The van der Waals surface area contributed by atoms with Gasteiger partial charge in [0.05, 0.1) is 28.7 Å². The summed E-state index contributed by atoms with van der Waals surface area (Å²) in [6.07, 6.45) is -1.57. The van der Waals surface area contributed by atoms with E-state index in [-0.39, 0.29) is 22.0 Å². The van der Waals surface area contributed by atoms with Crippen molar-refractivity contribution in [3.63, 3.8) is 0 Å². The number of nitrogens with zero attached hydrogens (tertiary/aromatic N) is 3. The van der Waals surface area contributed by atoms with Gasteiger partial charge in [-0.3, -0.25) is 24.5 Å². The predicted molar refractivity (Wildman–Crippen MR) is 117 cm³/mol. The third kappa shape index (κ3) is 4.74. The number of thioether (sulfide) groups is 1. The van der Waals surface area contributed by atoms with Crippen molar-refractivity contribution >= 4 is 57.4 Å². The van der Waals surface area contributed by atoms with Gasteiger partial charge in [-0.15, -0.1) is 0 Å². The Hall–Kier alpha value is -3.31. The first-order valence-corrected chi connectivity index (χ1v) is 10.6. The summed E-state index contributed by atoms with van der Waals surface area (Å²) < 4.78 is 41.6. The van der Waals surface area contributed by atoms with E-state index in [1.807, 2.05) is 0 Å². The SMILES string of the molecule is CC(=O)NN1C(=O)SC(=Cc2ccc3c(cnn3Cc3ccc(Cl)cc3C(F)(F)F)c2)C1=O. The van der Waals surface area contributed by atoms with E-state index in [2.05, 4.69) is 10.5 Å². The Morgan fingerprint density at radius 2 is 1.97 bits per heavy atom. The lowest BCUT2D eigenvalue weighted by Gasteiger charge is -2.14. The Balaban J connectivity index is 1.62. The third-order valence-corrected chi connectivity index (χ3v) is 5.83. The molecule has 33 heavy (non-hydrogen) atoms. The Kier molecular flexibility index (Phi) is 5.93. The maximum atomic E-state index is 13.4. The van der Waals surface area contributed by atoms with E-state index in [4.69, 9.17) is 11.6 Å². The fourth-order valence-electron chi connectivity index (χ4n) is 3.31. The first-order chi connectivity index (χ1) is 15.5. The number of hydrogen-bond donors (Lipinski definition) is 1. The van der Waals surface area contributed by atoms with Crippen LogP contribution in [0.25, 0.3) is 17.0 Å². The van der Waals surface area contributed by atoms with E-state index in [1.54, 1.807) is 18.2 Å². The molecule has 1 aliphatic rings. The maximum absolute atomic E-state index is 13.4. The fraction of sp³-hybridized carbons (Fsp3) is 0.143. The maximum Gasteiger partial charge on any atom is 0.416 e. The molecule has 0 unspecified atom stereocenters. The molecule has 1 aliphatic heterocycles. The van der Waals surface area contributed by atoms with E-state index >= 15 is 0 Å². The lowest BCUT2D eigenvalue weighted by Crippen LogP contribution is -2.43. The number of rotatable bonds is 4. The average molecular weight is 495 g/mol. The highest BCUT2D eigenvalue weighted by Crippen LogP contribution is 2.35. The Bertz CT molecular complexity index is 1340. The molecule has 4 rings (SSSR count). The van der Waals surface area contributed by atoms with Gasteiger partial charge in [-0.05, 0) is 53.2 Å². The molecule has 0 aliphatic carbocycles. The zero-order chi connectivity index (χ0) is 23.9. The summed E-state index contributed by atoms with van der Waals surface area (Å²) in [5.74, 6) is -1.21. The fourth-order valence-corrected chi connectivity index (χ4v) is 4.26. The van der Waals surface area contributed by atoms with Gasteiger partial charge in [-0.25, -0.2) is 0 Å². The molecule has 1 saturated heterocycles. The first-order valence-electron chi connectivity index (χ1n) is 9.39. The summed E-state index contributed by atoms with van der Waals surface area (Å²) in [6, 6.07) is 8.60. The van der Waals surface area contributed by atoms with E-state index < -0.39 is 28.8 Å². The van der Waals surface area contributed by atoms with Crippen molar-refractivity contribution in [1.29, 1.82) is 0 Å². The average Bonchev–Trinajstić information content (AvgIpc) is 3.24. The molecule has 2 heterocycles. The van der Waals surface area contributed by atoms with Crippen LogP contribution in [-0.2, 0) is 22.3 Å². The summed E-state index contributed by atoms with van der Waals surface area (Å²) in [5.41, 5.74) is 2.52. The second-order valence-electron chi connectivity index (χ2n) is 7.10. The lowest BCUT2D eigenvalue weighted by atomic mass is 10.1. The topological polar surface area (TPSA) is 84.3 Å². The molecule has 0 radical (unpaired) electrons. The molecule has 170 valence electrons. The minimum absolute atomic E-state index is 0.0102. The molecule has 0 bridgehead atoms. The van der Waals surface area contributed by atoms with Crippen LogP contribution in [0.4, 0.5) is 18.0 Å². The van der Waals surface area contributed by atoms with Gasteiger partial charge in [0.2, 0.25) is 5.91 Å². The number of hydrogen-bond acceptors (Lipinski definition) is 5. The molecule has 1 fully saturated rings. The van der Waals surface area contributed by atoms with Gasteiger partial charge < -0.3 is 0 Å². The minimum Gasteiger partial charge on any atom is -0.274 e. The molecule has 3 aromatic rings. The number of benzene rings is 2. The van der Waals surface area contributed by atoms with Crippen molar-refractivity contribution in [3.8, 4) is 0 Å². The number of carbonyl (C=O) groups excluding carboxylic acids is 3. The van der Waals surface area contributed by atoms with Crippen LogP contribution in [-0.4, -0.2) is 31.8 Å². The summed E-state index contributed by atoms with van der Waals surface area (Å²) in [6.45, 7) is 1.06. The van der Waals surface area contributed by atoms with Crippen LogP contribution < -0.4 is 5.43 Å². The molecule has 2 aromatic carbocycles. The number of hydrazine groups is 1. The van der Waals surface area contributed by atoms with Gasteiger partial charge in [0.15, 0.2) is 0 Å². The van der Waals surface area contributed by atoms with E-state index in [9.17, 15) is 27.6 Å². The summed E-state index contributed by atoms with van der Waals surface area (Å²) in [5, 5.41) is 4.83. The van der Waals surface area contributed by atoms with Crippen LogP contribution >= 0.6 is 23.4 Å². The lowest BCUT2D eigenvalue weighted by molar-refractivity contribution is -0.138. The van der Waals surface area contributed by atoms with Gasteiger partial charge in [0, 0.05) is 17.3 Å². The molecule has 3 amide bonds. The number of halogens is 4. The molecule has 1 N–H and O–H groups in total. The zero-order valence-electron chi connectivity index (χ0n) is 16.8. The van der Waals surface area contributed by atoms with Crippen molar-refractivity contribution in [2.75, 3.05) is 0 Å². The van der Waals surface area contributed by atoms with Crippen molar-refractivity contribution in [3.05, 3.63) is 69.2 Å². The summed E-state index contributed by atoms with van der Waals surface area (Å²) in [7, 11) is 0. The molecular formula is C21H14ClF3N4O3S. The summed E-state index contributed by atoms with van der Waals surface area (Å²) in [4.78, 5) is 35.6. The van der Waals surface area contributed by atoms with Crippen molar-refractivity contribution < 1.29 is 27.6 Å². The number of amides is 3. The highest BCUT2D eigenvalue weighted by Gasteiger charge is 2.36. The molecule has 1 aromatic heterocycles. The first kappa shape index (κ1) is 22.9. The number of carbonyl (C=O) groups is 3. The van der Waals surface area contributed by atoms with E-state index in [0.717, 1.165) is 6.07 Å². The standard InChI is InChI=1S/C21H14ClF3N4O3S/c1-11(30)27-29-19(31)18(33-20(29)32)7-12-2-5-17-14(6-12)9-26-28(17)10-13-3-4-15(22)8-16(13)21(23,24)25/h2-9H,10H2,1H3,(H,27,30). The van der Waals surface area contributed by atoms with Crippen LogP contribution in [0.5, 0.6) is 0 Å². The molecule has 0 spiro atoms. The highest BCUT2D eigenvalue weighted by atomic mass is 35.5. The van der Waals surface area contributed by atoms with Crippen molar-refractivity contribution in [2.45, 2.75) is 19.6 Å². The number of fused-ring (bicyclic) bond motifs is 1. The van der Waals surface area contributed by atoms with Gasteiger partial charge in [0.25, 0.3) is 5.91 Å². The van der Waals surface area contributed by atoms with E-state index in [1.165, 1.54) is 36.0 Å². The van der Waals surface area contributed by atoms with E-state index in [0.29, 0.717) is 33.2 Å². The normalized spacial score (nSPS) is 15.7. The largest absolute Gasteiger partial charge is 0.416 e. The minimum atomic E-state index is -4.56. The second kappa shape index (κ2) is 8.56. The van der Waals surface area contributed by atoms with Crippen LogP contribution in [0.2, 0.25) is 5.02 Å². The second-order valence-corrected chi connectivity index (χ2v) is 8.53. The zero-order valence-corrected chi connectivity index (χ0v) is 18.4. The monoisotopic (exact) mass is 494 g/mol. The van der Waals surface area contributed by atoms with Crippen molar-refractivity contribution in [2.24, 2.45) is 0 Å². The van der Waals surface area contributed by atoms with Gasteiger partial charge in [0.1, 0.15) is 0 Å². The predicted octanol–water partition coefficient (Wildman–Crippen LogP) is 4.84. The van der Waals surface area contributed by atoms with Crippen LogP contribution in [0, 0.1) is 0 Å². The third-order valence-electron chi connectivity index (χ3n) is 4.72. The quantitative estimate of drug-likeness (QED) is 0.524. The molecule has 12 heteroatoms. The van der Waals surface area contributed by atoms with Crippen molar-refractivity contribution in [1.82, 2.24) is 20.2 Å². The van der Waals surface area contributed by atoms with Crippen LogP contribution in [0.1, 0.15) is 23.6 Å². The number of nitrogens with one attached hydrogen (secondary N) is 1. The smallest absolute Gasteiger partial charge is 0.274 e. The Labute approximate surface area is 194 Å². The highest BCUT2D eigenvalue weighted by molar-refractivity contribution is 8.18. The summed E-state index contributed by atoms with van der Waals surface area (Å²) >= 11 is 6.42. The molecule has 0 atom stereocenters. The van der Waals surface area contributed by atoms with Crippen LogP contribution in [0.3, 0.4) is 0 Å². The Morgan fingerprint density at radius 3 is 2.67 bits per heavy atom. The van der Waals surface area contributed by atoms with Gasteiger partial charge >= 0.3 is 11.4 Å². The van der Waals surface area contributed by atoms with Crippen LogP contribution in [0.15, 0.2) is 47.5 Å². The number of alkyl halides is 3.